The molecule has 4 aromatic rings. The highest BCUT2D eigenvalue weighted by molar-refractivity contribution is 5.97. The molecule has 0 radical (unpaired) electrons. The molecule has 3 aromatic heterocycles. The zero-order valence-corrected chi connectivity index (χ0v) is 23.5. The molecule has 5 rings (SSSR count). The number of amides is 4. The quantitative estimate of drug-likeness (QED) is 0.278. The van der Waals surface area contributed by atoms with Crippen LogP contribution in [0.5, 0.6) is 0 Å². The van der Waals surface area contributed by atoms with E-state index < -0.39 is 17.9 Å². The number of anilines is 1. The van der Waals surface area contributed by atoms with Crippen LogP contribution in [0.3, 0.4) is 0 Å². The van der Waals surface area contributed by atoms with Gasteiger partial charge in [-0.25, -0.2) is 9.50 Å². The third-order valence-corrected chi connectivity index (χ3v) is 6.97. The molecular formula is C30H33N9O4. The van der Waals surface area contributed by atoms with E-state index >= 15 is 0 Å². The standard InChI is InChI=1S/C30H33N9O4/c40-27-9-5-16-38(30(43)25-20-35-26-8-4-11-36-39(25)26)17-15-34-28(41)24(18-21-6-2-1-3-7-21)37-29(42)23-19-22(10-12-32-23)31-13-14-33-27/h1-4,6-8,10-12,19-20,24,31H,5,9,13-18H2,(H,33,40)(H,34,41)(H,37,42)/t24-/m0/s1. The molecule has 4 amide bonds. The SMILES string of the molecule is O=C1CCCN(C(=O)c2cnc3cccnn23)CCNC(=O)[C@H](Cc2ccccc2)NC(=O)c2cc(ccn2)NCCN1. The maximum Gasteiger partial charge on any atom is 0.274 e. The molecule has 222 valence electrons. The summed E-state index contributed by atoms with van der Waals surface area (Å²) < 4.78 is 1.46. The second kappa shape index (κ2) is 14.0. The lowest BCUT2D eigenvalue weighted by Gasteiger charge is -2.24. The minimum absolute atomic E-state index is 0.125. The number of nitrogens with one attached hydrogen (secondary N) is 4. The van der Waals surface area contributed by atoms with Gasteiger partial charge in [-0.1, -0.05) is 30.3 Å². The van der Waals surface area contributed by atoms with Crippen LogP contribution in [0.1, 0.15) is 39.4 Å². The number of hydrogen-bond acceptors (Lipinski definition) is 8. The molecule has 0 spiro atoms. The number of fused-ring (bicyclic) bond motifs is 3. The van der Waals surface area contributed by atoms with Gasteiger partial charge in [0.15, 0.2) is 11.3 Å². The summed E-state index contributed by atoms with van der Waals surface area (Å²) in [5.41, 5.74) is 2.49. The lowest BCUT2D eigenvalue weighted by molar-refractivity contribution is -0.123. The molecule has 1 atom stereocenters. The fourth-order valence-electron chi connectivity index (χ4n) is 4.77. The van der Waals surface area contributed by atoms with E-state index in [4.69, 9.17) is 0 Å². The summed E-state index contributed by atoms with van der Waals surface area (Å²) >= 11 is 0. The van der Waals surface area contributed by atoms with Crippen molar-refractivity contribution in [2.75, 3.05) is 38.0 Å². The Kier molecular flexibility index (Phi) is 9.52. The van der Waals surface area contributed by atoms with Gasteiger partial charge in [-0.05, 0) is 36.2 Å². The first kappa shape index (κ1) is 29.2. The van der Waals surface area contributed by atoms with Crippen LogP contribution in [0.15, 0.2) is 73.2 Å². The van der Waals surface area contributed by atoms with Crippen molar-refractivity contribution >= 4 is 35.0 Å². The Hall–Kier alpha value is -5.33. The summed E-state index contributed by atoms with van der Waals surface area (Å²) in [6, 6.07) is 15.3. The van der Waals surface area contributed by atoms with Crippen LogP contribution in [0.4, 0.5) is 5.69 Å². The minimum Gasteiger partial charge on any atom is -0.383 e. The van der Waals surface area contributed by atoms with E-state index in [1.54, 1.807) is 35.4 Å². The zero-order valence-electron chi connectivity index (χ0n) is 23.5. The van der Waals surface area contributed by atoms with Crippen LogP contribution in [0.2, 0.25) is 0 Å². The number of hydrogen-bond donors (Lipinski definition) is 4. The predicted octanol–water partition coefficient (Wildman–Crippen LogP) is 1.05. The van der Waals surface area contributed by atoms with Crippen molar-refractivity contribution in [3.63, 3.8) is 0 Å². The number of carbonyl (C=O) groups is 4. The monoisotopic (exact) mass is 583 g/mol. The van der Waals surface area contributed by atoms with Gasteiger partial charge < -0.3 is 26.2 Å². The minimum atomic E-state index is -0.885. The number of nitrogens with zero attached hydrogens (tertiary/aromatic N) is 5. The first-order valence-corrected chi connectivity index (χ1v) is 14.1. The van der Waals surface area contributed by atoms with Gasteiger partial charge in [0.05, 0.1) is 6.20 Å². The fourth-order valence-corrected chi connectivity index (χ4v) is 4.77. The normalized spacial score (nSPS) is 17.4. The number of imidazole rings is 1. The average molecular weight is 584 g/mol. The van der Waals surface area contributed by atoms with Gasteiger partial charge in [-0.3, -0.25) is 24.2 Å². The summed E-state index contributed by atoms with van der Waals surface area (Å²) in [6.45, 7) is 1.38. The summed E-state index contributed by atoms with van der Waals surface area (Å²) in [5.74, 6) is -1.36. The highest BCUT2D eigenvalue weighted by Crippen LogP contribution is 2.11. The molecule has 0 saturated carbocycles. The lowest BCUT2D eigenvalue weighted by Crippen LogP contribution is -2.50. The topological polar surface area (TPSA) is 163 Å². The molecule has 43 heavy (non-hydrogen) atoms. The maximum absolute atomic E-state index is 13.6. The Morgan fingerprint density at radius 1 is 0.884 bits per heavy atom. The first-order chi connectivity index (χ1) is 21.0. The Bertz CT molecular complexity index is 1590. The molecule has 4 N–H and O–H groups in total. The molecule has 13 nitrogen and oxygen atoms in total. The van der Waals surface area contributed by atoms with Gasteiger partial charge in [-0.15, -0.1) is 0 Å². The van der Waals surface area contributed by atoms with E-state index in [0.717, 1.165) is 5.56 Å². The number of pyridine rings is 1. The van der Waals surface area contributed by atoms with Crippen LogP contribution in [0.25, 0.3) is 5.65 Å². The molecule has 1 aromatic carbocycles. The van der Waals surface area contributed by atoms with Gasteiger partial charge in [-0.2, -0.15) is 5.10 Å². The second-order valence-corrected chi connectivity index (χ2v) is 10.0. The number of rotatable bonds is 3. The van der Waals surface area contributed by atoms with E-state index in [9.17, 15) is 19.2 Å². The van der Waals surface area contributed by atoms with E-state index in [2.05, 4.69) is 36.3 Å². The molecule has 0 fully saturated rings. The van der Waals surface area contributed by atoms with Gasteiger partial charge in [0.25, 0.3) is 11.8 Å². The summed E-state index contributed by atoms with van der Waals surface area (Å²) in [6.07, 6.45) is 5.45. The van der Waals surface area contributed by atoms with Crippen molar-refractivity contribution in [1.29, 1.82) is 0 Å². The lowest BCUT2D eigenvalue weighted by atomic mass is 10.0. The number of benzene rings is 1. The Labute approximate surface area is 248 Å². The predicted molar refractivity (Wildman–Crippen MR) is 158 cm³/mol. The van der Waals surface area contributed by atoms with Crippen LogP contribution in [0, 0.1) is 0 Å². The number of aromatic nitrogens is 4. The van der Waals surface area contributed by atoms with Gasteiger partial charge in [0.2, 0.25) is 11.8 Å². The molecule has 4 heterocycles. The second-order valence-electron chi connectivity index (χ2n) is 10.0. The molecule has 0 unspecified atom stereocenters. The van der Waals surface area contributed by atoms with Crippen molar-refractivity contribution in [2.24, 2.45) is 0 Å². The molecule has 1 aliphatic heterocycles. The maximum atomic E-state index is 13.6. The van der Waals surface area contributed by atoms with E-state index in [-0.39, 0.29) is 55.7 Å². The van der Waals surface area contributed by atoms with Gasteiger partial charge in [0, 0.05) is 63.6 Å². The summed E-state index contributed by atoms with van der Waals surface area (Å²) in [7, 11) is 0. The van der Waals surface area contributed by atoms with Crippen molar-refractivity contribution in [2.45, 2.75) is 25.3 Å². The van der Waals surface area contributed by atoms with Crippen molar-refractivity contribution in [3.8, 4) is 0 Å². The third-order valence-electron chi connectivity index (χ3n) is 6.97. The number of carbonyl (C=O) groups excluding carboxylic acids is 4. The van der Waals surface area contributed by atoms with Crippen LogP contribution in [-0.4, -0.2) is 86.9 Å². The molecule has 13 heteroatoms. The smallest absolute Gasteiger partial charge is 0.274 e. The van der Waals surface area contributed by atoms with Crippen LogP contribution >= 0.6 is 0 Å². The largest absolute Gasteiger partial charge is 0.383 e. The fraction of sp³-hybridized carbons (Fsp3) is 0.300. The first-order valence-electron chi connectivity index (χ1n) is 14.1. The molecule has 1 aliphatic rings. The van der Waals surface area contributed by atoms with Crippen molar-refractivity contribution in [3.05, 3.63) is 90.1 Å². The highest BCUT2D eigenvalue weighted by atomic mass is 16.2. The Morgan fingerprint density at radius 3 is 2.58 bits per heavy atom. The summed E-state index contributed by atoms with van der Waals surface area (Å²) in [4.78, 5) is 62.6. The molecule has 0 saturated heterocycles. The van der Waals surface area contributed by atoms with Gasteiger partial charge >= 0.3 is 0 Å². The van der Waals surface area contributed by atoms with E-state index in [1.165, 1.54) is 16.9 Å². The van der Waals surface area contributed by atoms with Crippen molar-refractivity contribution < 1.29 is 19.2 Å². The zero-order chi connectivity index (χ0) is 30.0. The summed E-state index contributed by atoms with van der Waals surface area (Å²) in [5, 5.41) is 16.0. The molecule has 2 bridgehead atoms. The van der Waals surface area contributed by atoms with Crippen LogP contribution in [-0.2, 0) is 16.0 Å². The van der Waals surface area contributed by atoms with Crippen LogP contribution < -0.4 is 21.3 Å². The molecule has 0 aliphatic carbocycles. The average Bonchev–Trinajstić information content (AvgIpc) is 3.46. The Balaban J connectivity index is 1.36. The van der Waals surface area contributed by atoms with Crippen molar-refractivity contribution in [1.82, 2.24) is 40.4 Å². The van der Waals surface area contributed by atoms with E-state index in [1.807, 2.05) is 30.3 Å². The van der Waals surface area contributed by atoms with Gasteiger partial charge in [0.1, 0.15) is 11.7 Å². The Morgan fingerprint density at radius 2 is 1.72 bits per heavy atom. The molecular weight excluding hydrogens is 550 g/mol. The highest BCUT2D eigenvalue weighted by Gasteiger charge is 2.24. The third kappa shape index (κ3) is 7.70. The van der Waals surface area contributed by atoms with E-state index in [0.29, 0.717) is 30.8 Å².